The first-order valence-electron chi connectivity index (χ1n) is 8.19. The van der Waals surface area contributed by atoms with Gasteiger partial charge in [-0.2, -0.15) is 23.4 Å². The van der Waals surface area contributed by atoms with E-state index in [0.29, 0.717) is 13.1 Å². The second kappa shape index (κ2) is 6.53. The van der Waals surface area contributed by atoms with E-state index in [2.05, 4.69) is 10.2 Å². The summed E-state index contributed by atoms with van der Waals surface area (Å²) in [6, 6.07) is 0. The summed E-state index contributed by atoms with van der Waals surface area (Å²) in [6.07, 6.45) is 1.77. The maximum Gasteiger partial charge on any atom is 0.435 e. The van der Waals surface area contributed by atoms with E-state index >= 15 is 0 Å². The Morgan fingerprint density at radius 1 is 1.36 bits per heavy atom. The number of halogens is 3. The maximum absolute atomic E-state index is 13.2. The van der Waals surface area contributed by atoms with Gasteiger partial charge in [-0.1, -0.05) is 0 Å². The normalized spacial score (nSPS) is 18.1. The van der Waals surface area contributed by atoms with E-state index in [9.17, 15) is 18.0 Å². The summed E-state index contributed by atoms with van der Waals surface area (Å²) in [5.41, 5.74) is -0.400. The number of amides is 1. The molecule has 3 rings (SSSR count). The summed E-state index contributed by atoms with van der Waals surface area (Å²) in [7, 11) is 1.83. The van der Waals surface area contributed by atoms with Crippen molar-refractivity contribution in [2.24, 2.45) is 13.0 Å². The molecule has 25 heavy (non-hydrogen) atoms. The fraction of sp³-hybridized carbons (Fsp3) is 0.562. The Morgan fingerprint density at radius 2 is 2.12 bits per heavy atom. The molecule has 136 valence electrons. The van der Waals surface area contributed by atoms with E-state index in [1.54, 1.807) is 17.8 Å². The van der Waals surface area contributed by atoms with Crippen LogP contribution in [0.2, 0.25) is 0 Å². The third-order valence-corrected chi connectivity index (χ3v) is 4.44. The van der Waals surface area contributed by atoms with Gasteiger partial charge in [-0.3, -0.25) is 14.2 Å². The van der Waals surface area contributed by atoms with Crippen LogP contribution in [0.5, 0.6) is 0 Å². The summed E-state index contributed by atoms with van der Waals surface area (Å²) in [6.45, 7) is 2.86. The zero-order valence-electron chi connectivity index (χ0n) is 14.1. The lowest BCUT2D eigenvalue weighted by Crippen LogP contribution is -2.30. The van der Waals surface area contributed by atoms with Crippen molar-refractivity contribution in [1.29, 1.82) is 0 Å². The topological polar surface area (TPSA) is 56.0 Å². The number of carbonyl (C=O) groups excluding carboxylic acids is 1. The monoisotopic (exact) mass is 355 g/mol. The number of nitrogens with zero attached hydrogens (tertiary/aromatic N) is 5. The molecule has 3 heterocycles. The van der Waals surface area contributed by atoms with Crippen LogP contribution < -0.4 is 0 Å². The molecule has 2 aromatic heterocycles. The number of carbonyl (C=O) groups is 1. The second-order valence-corrected chi connectivity index (χ2v) is 6.38. The van der Waals surface area contributed by atoms with Crippen LogP contribution in [-0.4, -0.2) is 43.5 Å². The maximum atomic E-state index is 13.2. The third kappa shape index (κ3) is 3.69. The van der Waals surface area contributed by atoms with Gasteiger partial charge in [0.25, 0.3) is 5.91 Å². The lowest BCUT2D eigenvalue weighted by atomic mass is 10.0. The number of aromatic nitrogens is 4. The Hall–Kier alpha value is -2.32. The van der Waals surface area contributed by atoms with Gasteiger partial charge in [-0.15, -0.1) is 0 Å². The summed E-state index contributed by atoms with van der Waals surface area (Å²) >= 11 is 0. The van der Waals surface area contributed by atoms with E-state index in [-0.39, 0.29) is 18.0 Å². The summed E-state index contributed by atoms with van der Waals surface area (Å²) in [4.78, 5) is 14.1. The minimum absolute atomic E-state index is 0.226. The Morgan fingerprint density at radius 3 is 2.72 bits per heavy atom. The molecule has 6 nitrogen and oxygen atoms in total. The van der Waals surface area contributed by atoms with E-state index < -0.39 is 17.8 Å². The predicted molar refractivity (Wildman–Crippen MR) is 83.8 cm³/mol. The highest BCUT2D eigenvalue weighted by atomic mass is 19.4. The summed E-state index contributed by atoms with van der Waals surface area (Å²) < 4.78 is 42.3. The minimum Gasteiger partial charge on any atom is -0.338 e. The molecule has 1 aliphatic heterocycles. The van der Waals surface area contributed by atoms with Gasteiger partial charge in [0.05, 0.1) is 11.8 Å². The first-order chi connectivity index (χ1) is 11.8. The highest BCUT2D eigenvalue weighted by molar-refractivity contribution is 5.95. The molecule has 0 spiro atoms. The van der Waals surface area contributed by atoms with Crippen LogP contribution in [0.25, 0.3) is 0 Å². The molecule has 0 radical (unpaired) electrons. The number of aryl methyl sites for hydroxylation is 2. The lowest BCUT2D eigenvalue weighted by molar-refractivity contribution is -0.141. The number of rotatable bonds is 4. The first kappa shape index (κ1) is 17.5. The van der Waals surface area contributed by atoms with E-state index in [0.717, 1.165) is 23.1 Å². The average molecular weight is 355 g/mol. The zero-order chi connectivity index (χ0) is 18.2. The Kier molecular flexibility index (Phi) is 4.57. The molecule has 1 aliphatic rings. The Balaban J connectivity index is 1.73. The van der Waals surface area contributed by atoms with E-state index in [1.165, 1.54) is 11.1 Å². The van der Waals surface area contributed by atoms with Crippen molar-refractivity contribution in [3.8, 4) is 0 Å². The summed E-state index contributed by atoms with van der Waals surface area (Å²) in [5.74, 6) is -0.371. The molecule has 1 unspecified atom stereocenters. The largest absolute Gasteiger partial charge is 0.435 e. The average Bonchev–Trinajstić information content (AvgIpc) is 3.25. The van der Waals surface area contributed by atoms with Gasteiger partial charge in [0.1, 0.15) is 0 Å². The molecule has 0 aromatic carbocycles. The van der Waals surface area contributed by atoms with Crippen molar-refractivity contribution in [3.63, 3.8) is 0 Å². The standard InChI is InChI=1S/C16H20F3N5O/c1-3-24-10-13(14(21-24)16(17,18)19)15(25)23-5-4-11(9-23)6-12-7-20-22(2)8-12/h7-8,10-11H,3-6,9H2,1-2H3. The molecule has 1 fully saturated rings. The fourth-order valence-electron chi connectivity index (χ4n) is 3.21. The van der Waals surface area contributed by atoms with Crippen LogP contribution >= 0.6 is 0 Å². The summed E-state index contributed by atoms with van der Waals surface area (Å²) in [5, 5.41) is 7.63. The van der Waals surface area contributed by atoms with Crippen molar-refractivity contribution in [2.45, 2.75) is 32.5 Å². The van der Waals surface area contributed by atoms with E-state index in [4.69, 9.17) is 0 Å². The van der Waals surface area contributed by atoms with Gasteiger partial charge in [0.2, 0.25) is 0 Å². The number of hydrogen-bond donors (Lipinski definition) is 0. The van der Waals surface area contributed by atoms with Crippen molar-refractivity contribution in [1.82, 2.24) is 24.5 Å². The molecule has 0 bridgehead atoms. The number of hydrogen-bond acceptors (Lipinski definition) is 3. The number of likely N-dealkylation sites (tertiary alicyclic amines) is 1. The van der Waals surface area contributed by atoms with Crippen LogP contribution in [0.15, 0.2) is 18.6 Å². The van der Waals surface area contributed by atoms with Crippen LogP contribution in [0, 0.1) is 5.92 Å². The van der Waals surface area contributed by atoms with Gasteiger partial charge in [-0.05, 0) is 31.2 Å². The fourth-order valence-corrected chi connectivity index (χ4v) is 3.21. The SMILES string of the molecule is CCn1cc(C(=O)N2CCC(Cc3cnn(C)c3)C2)c(C(F)(F)F)n1. The first-order valence-corrected chi connectivity index (χ1v) is 8.19. The van der Waals surface area contributed by atoms with Gasteiger partial charge < -0.3 is 4.90 Å². The molecule has 1 amide bonds. The molecule has 0 N–H and O–H groups in total. The molecular formula is C16H20F3N5O. The highest BCUT2D eigenvalue weighted by Gasteiger charge is 2.41. The number of alkyl halides is 3. The molecule has 2 aromatic rings. The molecular weight excluding hydrogens is 335 g/mol. The molecule has 0 saturated carbocycles. The van der Waals surface area contributed by atoms with Crippen molar-refractivity contribution in [3.05, 3.63) is 35.4 Å². The Bertz CT molecular complexity index is 764. The van der Waals surface area contributed by atoms with Crippen LogP contribution in [0.1, 0.15) is 35.0 Å². The zero-order valence-corrected chi connectivity index (χ0v) is 14.1. The second-order valence-electron chi connectivity index (χ2n) is 6.38. The molecule has 1 saturated heterocycles. The molecule has 0 aliphatic carbocycles. The van der Waals surface area contributed by atoms with Crippen molar-refractivity contribution >= 4 is 5.91 Å². The van der Waals surface area contributed by atoms with Gasteiger partial charge >= 0.3 is 6.18 Å². The Labute approximate surface area is 143 Å². The van der Waals surface area contributed by atoms with Gasteiger partial charge in [0.15, 0.2) is 5.69 Å². The predicted octanol–water partition coefficient (Wildman–Crippen LogP) is 2.36. The van der Waals surface area contributed by atoms with Crippen LogP contribution in [-0.2, 0) is 26.2 Å². The van der Waals surface area contributed by atoms with Crippen molar-refractivity contribution < 1.29 is 18.0 Å². The lowest BCUT2D eigenvalue weighted by Gasteiger charge is -2.16. The van der Waals surface area contributed by atoms with Crippen LogP contribution in [0.3, 0.4) is 0 Å². The quantitative estimate of drug-likeness (QED) is 0.846. The van der Waals surface area contributed by atoms with Gasteiger partial charge in [0, 0.05) is 39.1 Å². The van der Waals surface area contributed by atoms with E-state index in [1.807, 2.05) is 13.2 Å². The highest BCUT2D eigenvalue weighted by Crippen LogP contribution is 2.32. The smallest absolute Gasteiger partial charge is 0.338 e. The molecule has 1 atom stereocenters. The van der Waals surface area contributed by atoms with Crippen LogP contribution in [0.4, 0.5) is 13.2 Å². The van der Waals surface area contributed by atoms with Gasteiger partial charge in [-0.25, -0.2) is 0 Å². The van der Waals surface area contributed by atoms with Crippen molar-refractivity contribution in [2.75, 3.05) is 13.1 Å². The molecule has 9 heteroatoms. The minimum atomic E-state index is -4.64. The third-order valence-electron chi connectivity index (χ3n) is 4.44.